The van der Waals surface area contributed by atoms with Crippen molar-refractivity contribution in [2.45, 2.75) is 0 Å². The molecule has 1 aromatic rings. The van der Waals surface area contributed by atoms with Gasteiger partial charge >= 0.3 is 0 Å². The van der Waals surface area contributed by atoms with E-state index in [2.05, 4.69) is 5.32 Å². The Bertz CT molecular complexity index is 555. The summed E-state index contributed by atoms with van der Waals surface area (Å²) in [7, 11) is 1.63. The highest BCUT2D eigenvalue weighted by Gasteiger charge is 2.23. The molecule has 0 bridgehead atoms. The van der Waals surface area contributed by atoms with Crippen LogP contribution in [0.2, 0.25) is 10.0 Å². The molecule has 1 fully saturated rings. The van der Waals surface area contributed by atoms with Gasteiger partial charge in [-0.1, -0.05) is 41.0 Å². The van der Waals surface area contributed by atoms with E-state index in [1.165, 1.54) is 22.7 Å². The lowest BCUT2D eigenvalue weighted by Crippen LogP contribution is -2.20. The second-order valence-electron chi connectivity index (χ2n) is 3.81. The monoisotopic (exact) mass is 316 g/mol. The molecule has 1 heterocycles. The Labute approximate surface area is 124 Å². The Morgan fingerprint density at radius 3 is 2.58 bits per heavy atom. The lowest BCUT2D eigenvalue weighted by molar-refractivity contribution is -0.124. The van der Waals surface area contributed by atoms with Crippen molar-refractivity contribution in [3.63, 3.8) is 0 Å². The smallest absolute Gasteiger partial charge is 0.251 e. The molecule has 4 nitrogen and oxygen atoms in total. The highest BCUT2D eigenvalue weighted by atomic mass is 35.5. The lowest BCUT2D eigenvalue weighted by atomic mass is 10.3. The summed E-state index contributed by atoms with van der Waals surface area (Å²) in [6.07, 6.45) is 1.36. The van der Waals surface area contributed by atoms with Crippen molar-refractivity contribution in [1.29, 1.82) is 0 Å². The molecule has 0 spiro atoms. The molecule has 0 aromatic heterocycles. The zero-order chi connectivity index (χ0) is 14.0. The van der Waals surface area contributed by atoms with Crippen LogP contribution in [0.15, 0.2) is 29.3 Å². The number of para-hydroxylation sites is 1. The number of nitrogens with one attached hydrogen (secondary N) is 1. The fraction of sp³-hybridized carbons (Fsp3) is 0.167. The van der Waals surface area contributed by atoms with Gasteiger partial charge in [-0.2, -0.15) is 0 Å². The Balaban J connectivity index is 2.14. The van der Waals surface area contributed by atoms with Gasteiger partial charge in [0.1, 0.15) is 0 Å². The molecule has 0 atom stereocenters. The van der Waals surface area contributed by atoms with Gasteiger partial charge in [0.2, 0.25) is 5.91 Å². The minimum absolute atomic E-state index is 0.0279. The van der Waals surface area contributed by atoms with Crippen LogP contribution >= 0.6 is 35.0 Å². The lowest BCUT2D eigenvalue weighted by Gasteiger charge is -2.10. The maximum atomic E-state index is 11.9. The molecule has 1 aliphatic heterocycles. The number of hydrogen-bond donors (Lipinski definition) is 1. The first-order chi connectivity index (χ1) is 8.99. The molecule has 1 saturated heterocycles. The zero-order valence-electron chi connectivity index (χ0n) is 9.94. The van der Waals surface area contributed by atoms with E-state index in [1.807, 2.05) is 0 Å². The first-order valence-electron chi connectivity index (χ1n) is 5.35. The summed E-state index contributed by atoms with van der Waals surface area (Å²) in [4.78, 5) is 24.6. The van der Waals surface area contributed by atoms with Crippen molar-refractivity contribution >= 4 is 52.5 Å². The van der Waals surface area contributed by atoms with Crippen LogP contribution in [0.4, 0.5) is 5.69 Å². The second-order valence-corrected chi connectivity index (χ2v) is 5.62. The largest absolute Gasteiger partial charge is 0.320 e. The molecule has 0 radical (unpaired) electrons. The third-order valence-electron chi connectivity index (χ3n) is 2.51. The molecule has 2 rings (SSSR count). The van der Waals surface area contributed by atoms with Crippen LogP contribution in [0.25, 0.3) is 0 Å². The van der Waals surface area contributed by atoms with Crippen molar-refractivity contribution in [1.82, 2.24) is 4.90 Å². The van der Waals surface area contributed by atoms with E-state index in [1.54, 1.807) is 25.2 Å². The number of amides is 2. The number of hydrogen-bond acceptors (Lipinski definition) is 3. The van der Waals surface area contributed by atoms with E-state index in [9.17, 15) is 9.59 Å². The van der Waals surface area contributed by atoms with Gasteiger partial charge in [-0.15, -0.1) is 0 Å². The van der Waals surface area contributed by atoms with Crippen LogP contribution in [0.5, 0.6) is 0 Å². The Morgan fingerprint density at radius 2 is 2.05 bits per heavy atom. The molecule has 7 heteroatoms. The van der Waals surface area contributed by atoms with E-state index in [4.69, 9.17) is 23.2 Å². The molecule has 1 N–H and O–H groups in total. The van der Waals surface area contributed by atoms with Gasteiger partial charge in [-0.25, -0.2) is 0 Å². The number of carbonyl (C=O) groups excluding carboxylic acids is 2. The summed E-state index contributed by atoms with van der Waals surface area (Å²) in [5, 5.41) is 3.94. The molecule has 19 heavy (non-hydrogen) atoms. The SMILES string of the molecule is CN1C(=O)CS/C1=C\C(=O)Nc1c(Cl)cccc1Cl. The minimum Gasteiger partial charge on any atom is -0.320 e. The highest BCUT2D eigenvalue weighted by molar-refractivity contribution is 8.04. The van der Waals surface area contributed by atoms with Crippen molar-refractivity contribution in [2.24, 2.45) is 0 Å². The van der Waals surface area contributed by atoms with Crippen LogP contribution in [0, 0.1) is 0 Å². The maximum Gasteiger partial charge on any atom is 0.251 e. The summed E-state index contributed by atoms with van der Waals surface area (Å²) in [6.45, 7) is 0. The quantitative estimate of drug-likeness (QED) is 0.853. The fourth-order valence-electron chi connectivity index (χ4n) is 1.48. The maximum absolute atomic E-state index is 11.9. The Morgan fingerprint density at radius 1 is 1.42 bits per heavy atom. The Kier molecular flexibility index (Phi) is 4.39. The number of thioether (sulfide) groups is 1. The molecule has 2 amide bonds. The zero-order valence-corrected chi connectivity index (χ0v) is 12.3. The molecule has 1 aliphatic rings. The minimum atomic E-state index is -0.376. The van der Waals surface area contributed by atoms with Gasteiger partial charge in [0, 0.05) is 13.1 Å². The van der Waals surface area contributed by atoms with Gasteiger partial charge in [-0.3, -0.25) is 9.59 Å². The van der Waals surface area contributed by atoms with E-state index >= 15 is 0 Å². The van der Waals surface area contributed by atoms with E-state index in [-0.39, 0.29) is 11.8 Å². The molecule has 0 saturated carbocycles. The van der Waals surface area contributed by atoms with Gasteiger partial charge in [0.05, 0.1) is 26.5 Å². The topological polar surface area (TPSA) is 49.4 Å². The summed E-state index contributed by atoms with van der Waals surface area (Å²) < 4.78 is 0. The van der Waals surface area contributed by atoms with Gasteiger partial charge in [0.25, 0.3) is 5.91 Å². The molecule has 1 aromatic carbocycles. The molecule has 100 valence electrons. The summed E-state index contributed by atoms with van der Waals surface area (Å²) in [5.74, 6) is -0.0542. The predicted molar refractivity (Wildman–Crippen MR) is 78.4 cm³/mol. The summed E-state index contributed by atoms with van der Waals surface area (Å²) >= 11 is 13.2. The van der Waals surface area contributed by atoms with Crippen LogP contribution in [-0.4, -0.2) is 29.5 Å². The third kappa shape index (κ3) is 3.23. The summed E-state index contributed by atoms with van der Waals surface area (Å²) in [6, 6.07) is 4.96. The van der Waals surface area contributed by atoms with E-state index in [0.29, 0.717) is 26.5 Å². The van der Waals surface area contributed by atoms with Crippen LogP contribution in [-0.2, 0) is 9.59 Å². The number of anilines is 1. The number of nitrogens with zero attached hydrogens (tertiary/aromatic N) is 1. The van der Waals surface area contributed by atoms with Crippen molar-refractivity contribution in [2.75, 3.05) is 18.1 Å². The van der Waals surface area contributed by atoms with Gasteiger partial charge < -0.3 is 10.2 Å². The molecule has 0 unspecified atom stereocenters. The average molecular weight is 317 g/mol. The molecular formula is C12H10Cl2N2O2S. The van der Waals surface area contributed by atoms with E-state index < -0.39 is 0 Å². The first-order valence-corrected chi connectivity index (χ1v) is 7.09. The second kappa shape index (κ2) is 5.86. The predicted octanol–water partition coefficient (Wildman–Crippen LogP) is 2.98. The van der Waals surface area contributed by atoms with Crippen molar-refractivity contribution < 1.29 is 9.59 Å². The van der Waals surface area contributed by atoms with Crippen LogP contribution in [0.3, 0.4) is 0 Å². The number of carbonyl (C=O) groups is 2. The van der Waals surface area contributed by atoms with E-state index in [0.717, 1.165) is 0 Å². The summed E-state index contributed by atoms with van der Waals surface area (Å²) in [5.41, 5.74) is 0.365. The molecular weight excluding hydrogens is 307 g/mol. The van der Waals surface area contributed by atoms with Crippen molar-refractivity contribution in [3.8, 4) is 0 Å². The first kappa shape index (κ1) is 14.2. The fourth-order valence-corrected chi connectivity index (χ4v) is 2.92. The van der Waals surface area contributed by atoms with Gasteiger partial charge in [-0.05, 0) is 12.1 Å². The molecule has 0 aliphatic carbocycles. The number of rotatable bonds is 2. The normalized spacial score (nSPS) is 17.1. The standard InChI is InChI=1S/C12H10Cl2N2O2S/c1-16-10(18)6-19-11(16)5-9(17)15-12-7(13)3-2-4-8(12)14/h2-5H,6H2,1H3,(H,15,17)/b11-5-. The van der Waals surface area contributed by atoms with Crippen LogP contribution in [0.1, 0.15) is 0 Å². The van der Waals surface area contributed by atoms with Crippen LogP contribution < -0.4 is 5.32 Å². The third-order valence-corrected chi connectivity index (χ3v) is 4.22. The van der Waals surface area contributed by atoms with Crippen molar-refractivity contribution in [3.05, 3.63) is 39.3 Å². The number of benzene rings is 1. The Hall–Kier alpha value is -1.17. The number of halogens is 2. The average Bonchev–Trinajstić information content (AvgIpc) is 2.66. The highest BCUT2D eigenvalue weighted by Crippen LogP contribution is 2.31. The van der Waals surface area contributed by atoms with Gasteiger partial charge in [0.15, 0.2) is 0 Å².